The normalized spacial score (nSPS) is 10.1. The summed E-state index contributed by atoms with van der Waals surface area (Å²) in [4.78, 5) is 11.5. The van der Waals surface area contributed by atoms with Crippen LogP contribution in [0.5, 0.6) is 0 Å². The van der Waals surface area contributed by atoms with Crippen LogP contribution >= 0.6 is 0 Å². The number of amides is 1. The van der Waals surface area contributed by atoms with Gasteiger partial charge in [0.25, 0.3) is 5.91 Å². The van der Waals surface area contributed by atoms with Gasteiger partial charge in [-0.3, -0.25) is 4.79 Å². The van der Waals surface area contributed by atoms with Crippen LogP contribution in [0.25, 0.3) is 11.3 Å². The van der Waals surface area contributed by atoms with Crippen LogP contribution in [0.15, 0.2) is 40.8 Å². The van der Waals surface area contributed by atoms with Gasteiger partial charge in [0.15, 0.2) is 0 Å². The first kappa shape index (κ1) is 10.5. The van der Waals surface area contributed by atoms with Crippen LogP contribution < -0.4 is 5.32 Å². The molecule has 0 aliphatic heterocycles. The van der Waals surface area contributed by atoms with Gasteiger partial charge < -0.3 is 9.73 Å². The standard InChI is InChI=1S/C13H13NO2/c1-9-11(13(15)14-2)8-12(16-9)10-6-4-3-5-7-10/h3-8H,1-2H3,(H,14,15). The Morgan fingerprint density at radius 2 is 1.94 bits per heavy atom. The Balaban J connectivity index is 2.42. The zero-order valence-corrected chi connectivity index (χ0v) is 9.28. The van der Waals surface area contributed by atoms with Gasteiger partial charge in [-0.1, -0.05) is 30.3 Å². The van der Waals surface area contributed by atoms with Gasteiger partial charge in [-0.05, 0) is 13.0 Å². The lowest BCUT2D eigenvalue weighted by Gasteiger charge is -1.93. The highest BCUT2D eigenvalue weighted by Crippen LogP contribution is 2.24. The third-order valence-corrected chi connectivity index (χ3v) is 2.45. The summed E-state index contributed by atoms with van der Waals surface area (Å²) in [5, 5.41) is 2.59. The van der Waals surface area contributed by atoms with Crippen LogP contribution in [-0.4, -0.2) is 13.0 Å². The van der Waals surface area contributed by atoms with Crippen molar-refractivity contribution in [2.24, 2.45) is 0 Å². The van der Waals surface area contributed by atoms with Crippen molar-refractivity contribution in [3.05, 3.63) is 47.7 Å². The Morgan fingerprint density at radius 3 is 2.56 bits per heavy atom. The lowest BCUT2D eigenvalue weighted by atomic mass is 10.1. The first-order valence-electron chi connectivity index (χ1n) is 5.10. The number of nitrogens with one attached hydrogen (secondary N) is 1. The number of aryl methyl sites for hydroxylation is 1. The van der Waals surface area contributed by atoms with E-state index in [-0.39, 0.29) is 5.91 Å². The van der Waals surface area contributed by atoms with Gasteiger partial charge in [0.05, 0.1) is 5.56 Å². The third-order valence-electron chi connectivity index (χ3n) is 2.45. The molecule has 0 saturated carbocycles. The minimum absolute atomic E-state index is 0.122. The van der Waals surface area contributed by atoms with Gasteiger partial charge in [-0.25, -0.2) is 0 Å². The summed E-state index contributed by atoms with van der Waals surface area (Å²) >= 11 is 0. The average molecular weight is 215 g/mol. The predicted molar refractivity (Wildman–Crippen MR) is 62.3 cm³/mol. The molecule has 0 radical (unpaired) electrons. The van der Waals surface area contributed by atoms with Crippen LogP contribution in [0.3, 0.4) is 0 Å². The van der Waals surface area contributed by atoms with E-state index in [1.165, 1.54) is 0 Å². The minimum Gasteiger partial charge on any atom is -0.461 e. The molecule has 1 N–H and O–H groups in total. The maximum atomic E-state index is 11.5. The van der Waals surface area contributed by atoms with E-state index in [9.17, 15) is 4.79 Å². The fourth-order valence-corrected chi connectivity index (χ4v) is 1.59. The minimum atomic E-state index is -0.122. The molecular formula is C13H13NO2. The first-order chi connectivity index (χ1) is 7.72. The van der Waals surface area contributed by atoms with Crippen molar-refractivity contribution in [2.45, 2.75) is 6.92 Å². The van der Waals surface area contributed by atoms with Crippen LogP contribution in [0, 0.1) is 6.92 Å². The summed E-state index contributed by atoms with van der Waals surface area (Å²) < 4.78 is 5.56. The number of hydrogen-bond donors (Lipinski definition) is 1. The SMILES string of the molecule is CNC(=O)c1cc(-c2ccccc2)oc1C. The summed E-state index contributed by atoms with van der Waals surface area (Å²) in [6.07, 6.45) is 0. The molecule has 1 aromatic heterocycles. The van der Waals surface area contributed by atoms with Crippen molar-refractivity contribution in [1.29, 1.82) is 0 Å². The second-order valence-corrected chi connectivity index (χ2v) is 3.53. The number of hydrogen-bond acceptors (Lipinski definition) is 2. The zero-order chi connectivity index (χ0) is 11.5. The average Bonchev–Trinajstić information content (AvgIpc) is 2.71. The van der Waals surface area contributed by atoms with Gasteiger partial charge in [0, 0.05) is 12.6 Å². The Kier molecular flexibility index (Phi) is 2.77. The van der Waals surface area contributed by atoms with E-state index in [0.29, 0.717) is 11.3 Å². The molecule has 1 heterocycles. The summed E-state index contributed by atoms with van der Waals surface area (Å²) in [6, 6.07) is 11.5. The molecule has 1 amide bonds. The van der Waals surface area contributed by atoms with Crippen molar-refractivity contribution in [1.82, 2.24) is 5.32 Å². The molecule has 0 fully saturated rings. The van der Waals surface area contributed by atoms with E-state index in [0.717, 1.165) is 11.3 Å². The second kappa shape index (κ2) is 4.23. The largest absolute Gasteiger partial charge is 0.461 e. The van der Waals surface area contributed by atoms with Crippen LogP contribution in [0.1, 0.15) is 16.1 Å². The molecule has 2 rings (SSSR count). The first-order valence-corrected chi connectivity index (χ1v) is 5.10. The summed E-state index contributed by atoms with van der Waals surface area (Å²) in [7, 11) is 1.61. The molecule has 0 unspecified atom stereocenters. The van der Waals surface area contributed by atoms with E-state index in [4.69, 9.17) is 4.42 Å². The van der Waals surface area contributed by atoms with Crippen molar-refractivity contribution in [3.63, 3.8) is 0 Å². The molecule has 2 aromatic rings. The summed E-state index contributed by atoms with van der Waals surface area (Å²) in [5.41, 5.74) is 1.56. The molecule has 82 valence electrons. The van der Waals surface area contributed by atoms with Crippen molar-refractivity contribution in [2.75, 3.05) is 7.05 Å². The van der Waals surface area contributed by atoms with Gasteiger partial charge in [0.1, 0.15) is 11.5 Å². The van der Waals surface area contributed by atoms with Gasteiger partial charge in [-0.15, -0.1) is 0 Å². The van der Waals surface area contributed by atoms with Crippen molar-refractivity contribution < 1.29 is 9.21 Å². The Morgan fingerprint density at radius 1 is 1.25 bits per heavy atom. The molecule has 3 nitrogen and oxygen atoms in total. The number of rotatable bonds is 2. The molecule has 3 heteroatoms. The molecule has 0 atom stereocenters. The fourth-order valence-electron chi connectivity index (χ4n) is 1.59. The van der Waals surface area contributed by atoms with Crippen molar-refractivity contribution >= 4 is 5.91 Å². The van der Waals surface area contributed by atoms with E-state index in [2.05, 4.69) is 5.32 Å². The smallest absolute Gasteiger partial charge is 0.254 e. The van der Waals surface area contributed by atoms with Gasteiger partial charge in [0.2, 0.25) is 0 Å². The second-order valence-electron chi connectivity index (χ2n) is 3.53. The highest BCUT2D eigenvalue weighted by atomic mass is 16.3. The van der Waals surface area contributed by atoms with E-state index >= 15 is 0 Å². The molecule has 1 aromatic carbocycles. The molecular weight excluding hydrogens is 202 g/mol. The monoisotopic (exact) mass is 215 g/mol. The molecule has 0 saturated heterocycles. The van der Waals surface area contributed by atoms with Crippen LogP contribution in [-0.2, 0) is 0 Å². The number of carbonyl (C=O) groups excluding carboxylic acids is 1. The highest BCUT2D eigenvalue weighted by molar-refractivity contribution is 5.96. The highest BCUT2D eigenvalue weighted by Gasteiger charge is 2.14. The lowest BCUT2D eigenvalue weighted by molar-refractivity contribution is 0.0961. The topological polar surface area (TPSA) is 42.2 Å². The Labute approximate surface area is 94.1 Å². The van der Waals surface area contributed by atoms with E-state index in [1.54, 1.807) is 20.0 Å². The number of carbonyl (C=O) groups is 1. The van der Waals surface area contributed by atoms with Crippen molar-refractivity contribution in [3.8, 4) is 11.3 Å². The molecule has 0 aliphatic rings. The molecule has 0 bridgehead atoms. The number of furan rings is 1. The Hall–Kier alpha value is -2.03. The Bertz CT molecular complexity index is 500. The summed E-state index contributed by atoms with van der Waals surface area (Å²) in [5.74, 6) is 1.23. The molecule has 0 spiro atoms. The third kappa shape index (κ3) is 1.84. The lowest BCUT2D eigenvalue weighted by Crippen LogP contribution is -2.17. The van der Waals surface area contributed by atoms with Crippen LogP contribution in [0.2, 0.25) is 0 Å². The van der Waals surface area contributed by atoms with E-state index in [1.807, 2.05) is 30.3 Å². The van der Waals surface area contributed by atoms with Gasteiger partial charge in [-0.2, -0.15) is 0 Å². The maximum Gasteiger partial charge on any atom is 0.254 e. The van der Waals surface area contributed by atoms with E-state index < -0.39 is 0 Å². The quantitative estimate of drug-likeness (QED) is 0.836. The van der Waals surface area contributed by atoms with Crippen LogP contribution in [0.4, 0.5) is 0 Å². The van der Waals surface area contributed by atoms with Gasteiger partial charge >= 0.3 is 0 Å². The molecule has 0 aliphatic carbocycles. The number of benzene rings is 1. The fraction of sp³-hybridized carbons (Fsp3) is 0.154. The summed E-state index contributed by atoms with van der Waals surface area (Å²) in [6.45, 7) is 1.79. The zero-order valence-electron chi connectivity index (χ0n) is 9.28. The maximum absolute atomic E-state index is 11.5. The molecule has 16 heavy (non-hydrogen) atoms. The predicted octanol–water partition coefficient (Wildman–Crippen LogP) is 2.61.